The lowest BCUT2D eigenvalue weighted by atomic mass is 10.4. The SMILES string of the molecule is O=C(C[n+]1cccc(O)c1)NC(=O)NCc1ccco1. The largest absolute Gasteiger partial charge is 0.503 e. The number of hydrogen-bond donors (Lipinski definition) is 3. The monoisotopic (exact) mass is 276 g/mol. The van der Waals surface area contributed by atoms with E-state index in [0.29, 0.717) is 5.76 Å². The minimum atomic E-state index is -0.604. The molecule has 0 saturated heterocycles. The molecule has 0 fully saturated rings. The lowest BCUT2D eigenvalue weighted by Gasteiger charge is -2.03. The van der Waals surface area contributed by atoms with Gasteiger partial charge in [-0.1, -0.05) is 0 Å². The maximum absolute atomic E-state index is 11.6. The van der Waals surface area contributed by atoms with Gasteiger partial charge in [0.05, 0.1) is 12.8 Å². The Morgan fingerprint density at radius 2 is 2.15 bits per heavy atom. The highest BCUT2D eigenvalue weighted by Gasteiger charge is 2.13. The van der Waals surface area contributed by atoms with Crippen LogP contribution in [0.3, 0.4) is 0 Å². The summed E-state index contributed by atoms with van der Waals surface area (Å²) in [5, 5.41) is 13.9. The number of carbonyl (C=O) groups excluding carboxylic acids is 2. The lowest BCUT2D eigenvalue weighted by Crippen LogP contribution is -2.47. The molecule has 0 aliphatic heterocycles. The van der Waals surface area contributed by atoms with Crippen LogP contribution in [0.1, 0.15) is 5.76 Å². The molecule has 0 aromatic carbocycles. The van der Waals surface area contributed by atoms with E-state index in [1.807, 2.05) is 0 Å². The molecule has 20 heavy (non-hydrogen) atoms. The van der Waals surface area contributed by atoms with Crippen LogP contribution in [0.25, 0.3) is 0 Å². The third kappa shape index (κ3) is 4.13. The molecule has 2 aromatic rings. The van der Waals surface area contributed by atoms with Crippen LogP contribution >= 0.6 is 0 Å². The van der Waals surface area contributed by atoms with Gasteiger partial charge in [-0.3, -0.25) is 10.1 Å². The van der Waals surface area contributed by atoms with Crippen molar-refractivity contribution < 1.29 is 23.7 Å². The van der Waals surface area contributed by atoms with Crippen molar-refractivity contribution >= 4 is 11.9 Å². The summed E-state index contributed by atoms with van der Waals surface area (Å²) in [6, 6.07) is 5.90. The van der Waals surface area contributed by atoms with Crippen LogP contribution in [-0.4, -0.2) is 17.0 Å². The van der Waals surface area contributed by atoms with Crippen LogP contribution in [-0.2, 0) is 17.9 Å². The topological polar surface area (TPSA) is 95.5 Å². The van der Waals surface area contributed by atoms with Crippen molar-refractivity contribution in [1.29, 1.82) is 0 Å². The molecule has 7 heteroatoms. The molecule has 3 N–H and O–H groups in total. The Balaban J connectivity index is 1.77. The second-order valence-corrected chi connectivity index (χ2v) is 4.04. The number of imide groups is 1. The van der Waals surface area contributed by atoms with Crippen LogP contribution in [0.4, 0.5) is 4.79 Å². The van der Waals surface area contributed by atoms with Crippen molar-refractivity contribution in [3.8, 4) is 5.75 Å². The fourth-order valence-electron chi connectivity index (χ4n) is 1.56. The number of rotatable bonds is 4. The fourth-order valence-corrected chi connectivity index (χ4v) is 1.56. The molecular weight excluding hydrogens is 262 g/mol. The van der Waals surface area contributed by atoms with Gasteiger partial charge in [0.1, 0.15) is 5.76 Å². The molecule has 0 saturated carbocycles. The molecule has 0 spiro atoms. The Hall–Kier alpha value is -2.83. The number of furan rings is 1. The standard InChI is InChI=1S/C13H13N3O4/c17-10-3-1-5-16(8-10)9-12(18)15-13(19)14-7-11-4-2-6-20-11/h1-6,8H,7,9H2,(H2-,14,15,17,18,19)/p+1. The molecule has 2 aromatic heterocycles. The first-order valence-electron chi connectivity index (χ1n) is 5.91. The summed E-state index contributed by atoms with van der Waals surface area (Å²) in [6.07, 6.45) is 4.50. The van der Waals surface area contributed by atoms with Gasteiger partial charge in [-0.25, -0.2) is 4.79 Å². The van der Waals surface area contributed by atoms with Crippen LogP contribution < -0.4 is 15.2 Å². The molecule has 3 amide bonds. The van der Waals surface area contributed by atoms with Crippen molar-refractivity contribution in [1.82, 2.24) is 10.6 Å². The summed E-state index contributed by atoms with van der Waals surface area (Å²) in [7, 11) is 0. The van der Waals surface area contributed by atoms with Gasteiger partial charge in [-0.15, -0.1) is 0 Å². The second-order valence-electron chi connectivity index (χ2n) is 4.04. The van der Waals surface area contributed by atoms with Crippen molar-refractivity contribution in [2.75, 3.05) is 0 Å². The van der Waals surface area contributed by atoms with E-state index in [0.717, 1.165) is 0 Å². The zero-order valence-corrected chi connectivity index (χ0v) is 10.6. The van der Waals surface area contributed by atoms with Crippen molar-refractivity contribution in [2.24, 2.45) is 0 Å². The number of aromatic nitrogens is 1. The van der Waals surface area contributed by atoms with Gasteiger partial charge in [-0.2, -0.15) is 4.57 Å². The molecule has 0 bridgehead atoms. The lowest BCUT2D eigenvalue weighted by molar-refractivity contribution is -0.684. The minimum Gasteiger partial charge on any atom is -0.503 e. The van der Waals surface area contributed by atoms with E-state index in [-0.39, 0.29) is 18.8 Å². The summed E-state index contributed by atoms with van der Waals surface area (Å²) < 4.78 is 6.50. The highest BCUT2D eigenvalue weighted by Crippen LogP contribution is 2.00. The number of pyridine rings is 1. The predicted molar refractivity (Wildman–Crippen MR) is 67.4 cm³/mol. The Bertz CT molecular complexity index is 595. The fraction of sp³-hybridized carbons (Fsp3) is 0.154. The van der Waals surface area contributed by atoms with Gasteiger partial charge in [0, 0.05) is 6.07 Å². The third-order valence-corrected chi connectivity index (χ3v) is 2.43. The molecule has 104 valence electrons. The average molecular weight is 276 g/mol. The molecule has 0 aliphatic carbocycles. The first-order chi connectivity index (χ1) is 9.63. The van der Waals surface area contributed by atoms with Crippen molar-refractivity contribution in [3.63, 3.8) is 0 Å². The summed E-state index contributed by atoms with van der Waals surface area (Å²) in [6.45, 7) is 0.133. The number of carbonyl (C=O) groups is 2. The number of amides is 3. The van der Waals surface area contributed by atoms with Crippen LogP contribution in [0.15, 0.2) is 47.3 Å². The minimum absolute atomic E-state index is 0.0440. The number of urea groups is 1. The molecular formula is C13H14N3O4+. The summed E-state index contributed by atoms with van der Waals surface area (Å²) >= 11 is 0. The van der Waals surface area contributed by atoms with Crippen molar-refractivity contribution in [2.45, 2.75) is 13.1 Å². The van der Waals surface area contributed by atoms with Crippen LogP contribution in [0, 0.1) is 0 Å². The van der Waals surface area contributed by atoms with Gasteiger partial charge in [0.2, 0.25) is 12.7 Å². The summed E-state index contributed by atoms with van der Waals surface area (Å²) in [5.74, 6) is 0.148. The Morgan fingerprint density at radius 3 is 2.85 bits per heavy atom. The van der Waals surface area contributed by atoms with Crippen molar-refractivity contribution in [3.05, 3.63) is 48.7 Å². The molecule has 0 atom stereocenters. The van der Waals surface area contributed by atoms with E-state index in [4.69, 9.17) is 4.42 Å². The molecule has 2 heterocycles. The highest BCUT2D eigenvalue weighted by molar-refractivity contribution is 5.93. The highest BCUT2D eigenvalue weighted by atomic mass is 16.3. The Morgan fingerprint density at radius 1 is 1.30 bits per heavy atom. The molecule has 0 unspecified atom stereocenters. The predicted octanol–water partition coefficient (Wildman–Crippen LogP) is 0.299. The van der Waals surface area contributed by atoms with Gasteiger partial charge in [0.25, 0.3) is 5.91 Å². The average Bonchev–Trinajstić information content (AvgIpc) is 2.89. The van der Waals surface area contributed by atoms with Crippen LogP contribution in [0.2, 0.25) is 0 Å². The van der Waals surface area contributed by atoms with E-state index in [1.54, 1.807) is 24.4 Å². The zero-order chi connectivity index (χ0) is 14.4. The first kappa shape index (κ1) is 13.6. The number of hydrogen-bond acceptors (Lipinski definition) is 4. The van der Waals surface area contributed by atoms with E-state index >= 15 is 0 Å². The normalized spacial score (nSPS) is 10.0. The third-order valence-electron chi connectivity index (χ3n) is 2.43. The Kier molecular flexibility index (Phi) is 4.33. The smallest absolute Gasteiger partial charge is 0.322 e. The van der Waals surface area contributed by atoms with E-state index in [2.05, 4.69) is 10.6 Å². The van der Waals surface area contributed by atoms with Gasteiger partial charge in [-0.05, 0) is 18.2 Å². The van der Waals surface area contributed by atoms with Gasteiger partial charge in [0.15, 0.2) is 11.9 Å². The number of nitrogens with zero attached hydrogens (tertiary/aromatic N) is 1. The Labute approximate surface area is 114 Å². The van der Waals surface area contributed by atoms with Gasteiger partial charge >= 0.3 is 6.03 Å². The van der Waals surface area contributed by atoms with Crippen LogP contribution in [0.5, 0.6) is 5.75 Å². The molecule has 7 nitrogen and oxygen atoms in total. The maximum atomic E-state index is 11.6. The van der Waals surface area contributed by atoms with Gasteiger partial charge < -0.3 is 14.8 Å². The zero-order valence-electron chi connectivity index (χ0n) is 10.6. The summed E-state index contributed by atoms with van der Waals surface area (Å²) in [5.41, 5.74) is 0. The molecule has 0 radical (unpaired) electrons. The molecule has 0 aliphatic rings. The van der Waals surface area contributed by atoms with E-state index in [1.165, 1.54) is 23.1 Å². The second kappa shape index (κ2) is 6.37. The maximum Gasteiger partial charge on any atom is 0.322 e. The first-order valence-corrected chi connectivity index (χ1v) is 5.91. The van der Waals surface area contributed by atoms with E-state index < -0.39 is 11.9 Å². The number of nitrogens with one attached hydrogen (secondary N) is 2. The van der Waals surface area contributed by atoms with E-state index in [9.17, 15) is 14.7 Å². The number of aromatic hydroxyl groups is 1. The quantitative estimate of drug-likeness (QED) is 0.700. The summed E-state index contributed by atoms with van der Waals surface area (Å²) in [4.78, 5) is 23.1. The molecule has 2 rings (SSSR count).